The molecule has 0 bridgehead atoms. The van der Waals surface area contributed by atoms with Gasteiger partial charge < -0.3 is 5.11 Å². The average molecular weight is 282 g/mol. The molecule has 0 unspecified atom stereocenters. The summed E-state index contributed by atoms with van der Waals surface area (Å²) < 4.78 is 26.7. The van der Waals surface area contributed by atoms with Gasteiger partial charge in [-0.05, 0) is 19.4 Å². The van der Waals surface area contributed by atoms with E-state index in [-0.39, 0.29) is 6.10 Å². The molecule has 2 aliphatic rings. The molecule has 0 amide bonds. The van der Waals surface area contributed by atoms with Crippen LogP contribution in [0.15, 0.2) is 18.2 Å². The Hall–Kier alpha value is -1.04. The first kappa shape index (κ1) is 13.9. The molecular weight excluding hydrogens is 262 g/mol. The fraction of sp³-hybridized carbons (Fsp3) is 0.600. The van der Waals surface area contributed by atoms with Gasteiger partial charge in [-0.15, -0.1) is 0 Å². The Labute approximate surface area is 117 Å². The molecule has 0 saturated carbocycles. The van der Waals surface area contributed by atoms with Crippen molar-refractivity contribution in [3.8, 4) is 0 Å². The van der Waals surface area contributed by atoms with E-state index in [1.54, 1.807) is 0 Å². The van der Waals surface area contributed by atoms with Gasteiger partial charge >= 0.3 is 0 Å². The van der Waals surface area contributed by atoms with Crippen LogP contribution < -0.4 is 0 Å². The molecule has 2 saturated heterocycles. The van der Waals surface area contributed by atoms with E-state index in [1.165, 1.54) is 12.1 Å². The predicted molar refractivity (Wildman–Crippen MR) is 72.2 cm³/mol. The van der Waals surface area contributed by atoms with Crippen molar-refractivity contribution in [2.45, 2.75) is 38.1 Å². The largest absolute Gasteiger partial charge is 0.392 e. The summed E-state index contributed by atoms with van der Waals surface area (Å²) in [5.74, 6) is -1.02. The summed E-state index contributed by atoms with van der Waals surface area (Å²) in [5, 5.41) is 9.74. The van der Waals surface area contributed by atoms with E-state index in [2.05, 4.69) is 16.7 Å². The van der Waals surface area contributed by atoms with Crippen LogP contribution >= 0.6 is 0 Å². The lowest BCUT2D eigenvalue weighted by Gasteiger charge is -2.42. The SMILES string of the molecule is C[C@H]1CN2C[C@H](O)C[C@H]2CN1Cc1ccc(F)cc1F. The van der Waals surface area contributed by atoms with Gasteiger partial charge in [0.05, 0.1) is 6.10 Å². The average Bonchev–Trinajstić information content (AvgIpc) is 2.72. The first-order valence-electron chi connectivity index (χ1n) is 7.13. The molecule has 0 radical (unpaired) electrons. The molecule has 0 spiro atoms. The molecule has 1 N–H and O–H groups in total. The smallest absolute Gasteiger partial charge is 0.130 e. The first-order valence-corrected chi connectivity index (χ1v) is 7.13. The van der Waals surface area contributed by atoms with Crippen LogP contribution in [0.3, 0.4) is 0 Å². The molecule has 3 rings (SSSR count). The van der Waals surface area contributed by atoms with Gasteiger partial charge in [0.15, 0.2) is 0 Å². The summed E-state index contributed by atoms with van der Waals surface area (Å²) >= 11 is 0. The summed E-state index contributed by atoms with van der Waals surface area (Å²) in [6, 6.07) is 4.42. The van der Waals surface area contributed by atoms with E-state index < -0.39 is 11.6 Å². The van der Waals surface area contributed by atoms with Crippen molar-refractivity contribution >= 4 is 0 Å². The van der Waals surface area contributed by atoms with Gasteiger partial charge in [0.25, 0.3) is 0 Å². The highest BCUT2D eigenvalue weighted by Crippen LogP contribution is 2.26. The molecule has 1 aromatic rings. The van der Waals surface area contributed by atoms with Gasteiger partial charge in [0, 0.05) is 49.9 Å². The lowest BCUT2D eigenvalue weighted by atomic mass is 10.1. The number of benzene rings is 1. The van der Waals surface area contributed by atoms with Crippen molar-refractivity contribution in [2.75, 3.05) is 19.6 Å². The molecule has 110 valence electrons. The molecule has 5 heteroatoms. The standard InChI is InChI=1S/C15H20F2N2O/c1-10-6-19-9-14(20)5-13(19)8-18(10)7-11-2-3-12(16)4-15(11)17/h2-4,10,13-14,20H,5-9H2,1H3/t10-,13-,14+/m0/s1. The van der Waals surface area contributed by atoms with Crippen molar-refractivity contribution < 1.29 is 13.9 Å². The lowest BCUT2D eigenvalue weighted by Crippen LogP contribution is -2.54. The highest BCUT2D eigenvalue weighted by Gasteiger charge is 2.38. The second kappa shape index (κ2) is 5.39. The number of aliphatic hydroxyl groups is 1. The molecule has 2 aliphatic heterocycles. The van der Waals surface area contributed by atoms with Crippen LogP contribution in [0, 0.1) is 11.6 Å². The van der Waals surface area contributed by atoms with Crippen LogP contribution in [-0.4, -0.2) is 52.7 Å². The van der Waals surface area contributed by atoms with Crippen LogP contribution in [0.2, 0.25) is 0 Å². The van der Waals surface area contributed by atoms with E-state index in [9.17, 15) is 13.9 Å². The number of piperazine rings is 1. The summed E-state index contributed by atoms with van der Waals surface area (Å²) in [4.78, 5) is 4.53. The zero-order valence-corrected chi connectivity index (χ0v) is 11.6. The van der Waals surface area contributed by atoms with Crippen molar-refractivity contribution in [3.05, 3.63) is 35.4 Å². The Kier molecular flexibility index (Phi) is 3.75. The monoisotopic (exact) mass is 282 g/mol. The highest BCUT2D eigenvalue weighted by molar-refractivity contribution is 5.18. The van der Waals surface area contributed by atoms with Gasteiger partial charge in [-0.2, -0.15) is 0 Å². The minimum absolute atomic E-state index is 0.241. The van der Waals surface area contributed by atoms with Crippen LogP contribution in [0.25, 0.3) is 0 Å². The quantitative estimate of drug-likeness (QED) is 0.892. The molecule has 1 aromatic carbocycles. The number of nitrogens with zero attached hydrogens (tertiary/aromatic N) is 2. The van der Waals surface area contributed by atoms with Crippen molar-refractivity contribution in [1.29, 1.82) is 0 Å². The number of aliphatic hydroxyl groups excluding tert-OH is 1. The van der Waals surface area contributed by atoms with Gasteiger partial charge in [-0.25, -0.2) is 8.78 Å². The van der Waals surface area contributed by atoms with Crippen molar-refractivity contribution in [2.24, 2.45) is 0 Å². The van der Waals surface area contributed by atoms with Crippen molar-refractivity contribution in [3.63, 3.8) is 0 Å². The maximum absolute atomic E-state index is 13.7. The van der Waals surface area contributed by atoms with E-state index in [0.717, 1.165) is 32.1 Å². The van der Waals surface area contributed by atoms with Crippen molar-refractivity contribution in [1.82, 2.24) is 9.80 Å². The maximum Gasteiger partial charge on any atom is 0.130 e. The number of hydrogen-bond donors (Lipinski definition) is 1. The van der Waals surface area contributed by atoms with Gasteiger partial charge in [-0.3, -0.25) is 9.80 Å². The molecule has 0 aliphatic carbocycles. The molecule has 3 nitrogen and oxygen atoms in total. The fourth-order valence-corrected chi connectivity index (χ4v) is 3.37. The Morgan fingerprint density at radius 3 is 2.80 bits per heavy atom. The fourth-order valence-electron chi connectivity index (χ4n) is 3.37. The normalized spacial score (nSPS) is 31.5. The molecule has 2 heterocycles. The van der Waals surface area contributed by atoms with E-state index >= 15 is 0 Å². The number of fused-ring (bicyclic) bond motifs is 1. The molecular formula is C15H20F2N2O. The van der Waals surface area contributed by atoms with E-state index in [1.807, 2.05) is 0 Å². The summed E-state index contributed by atoms with van der Waals surface area (Å²) in [6.07, 6.45) is 0.546. The third-order valence-corrected chi connectivity index (χ3v) is 4.46. The molecule has 0 aromatic heterocycles. The summed E-state index contributed by atoms with van der Waals surface area (Å²) in [5.41, 5.74) is 0.533. The maximum atomic E-state index is 13.7. The van der Waals surface area contributed by atoms with Crippen LogP contribution in [-0.2, 0) is 6.54 Å². The Morgan fingerprint density at radius 1 is 1.25 bits per heavy atom. The Bertz CT molecular complexity index is 497. The topological polar surface area (TPSA) is 26.7 Å². The highest BCUT2D eigenvalue weighted by atomic mass is 19.1. The number of hydrogen-bond acceptors (Lipinski definition) is 3. The zero-order chi connectivity index (χ0) is 14.3. The van der Waals surface area contributed by atoms with Crippen LogP contribution in [0.1, 0.15) is 18.9 Å². The predicted octanol–water partition coefficient (Wildman–Crippen LogP) is 1.60. The summed E-state index contributed by atoms with van der Waals surface area (Å²) in [7, 11) is 0. The molecule has 3 atom stereocenters. The number of rotatable bonds is 2. The van der Waals surface area contributed by atoms with Crippen LogP contribution in [0.4, 0.5) is 8.78 Å². The Balaban J connectivity index is 1.71. The molecule has 2 fully saturated rings. The molecule has 20 heavy (non-hydrogen) atoms. The zero-order valence-electron chi connectivity index (χ0n) is 11.6. The first-order chi connectivity index (χ1) is 9.52. The summed E-state index contributed by atoms with van der Waals surface area (Å²) in [6.45, 7) is 5.07. The van der Waals surface area contributed by atoms with Gasteiger partial charge in [0.2, 0.25) is 0 Å². The van der Waals surface area contributed by atoms with E-state index in [0.29, 0.717) is 24.2 Å². The van der Waals surface area contributed by atoms with Crippen LogP contribution in [0.5, 0.6) is 0 Å². The third-order valence-electron chi connectivity index (χ3n) is 4.46. The number of halogens is 2. The second-order valence-corrected chi connectivity index (χ2v) is 6.01. The lowest BCUT2D eigenvalue weighted by molar-refractivity contribution is 0.0521. The van der Waals surface area contributed by atoms with Gasteiger partial charge in [-0.1, -0.05) is 6.07 Å². The minimum Gasteiger partial charge on any atom is -0.392 e. The second-order valence-electron chi connectivity index (χ2n) is 6.01. The van der Waals surface area contributed by atoms with Gasteiger partial charge in [0.1, 0.15) is 11.6 Å². The Morgan fingerprint density at radius 2 is 2.05 bits per heavy atom. The third kappa shape index (κ3) is 2.71. The van der Waals surface area contributed by atoms with E-state index in [4.69, 9.17) is 0 Å². The minimum atomic E-state index is -0.539.